The first-order valence-electron chi connectivity index (χ1n) is 3.61. The zero-order chi connectivity index (χ0) is 8.27. The summed E-state index contributed by atoms with van der Waals surface area (Å²) in [6, 6.07) is 0. The summed E-state index contributed by atoms with van der Waals surface area (Å²) >= 11 is 0. The van der Waals surface area contributed by atoms with Gasteiger partial charge in [-0.15, -0.1) is 0 Å². The predicted octanol–water partition coefficient (Wildman–Crippen LogP) is 1.25. The van der Waals surface area contributed by atoms with E-state index in [4.69, 9.17) is 5.11 Å². The van der Waals surface area contributed by atoms with Crippen molar-refractivity contribution in [2.24, 2.45) is 4.99 Å². The number of carbonyl (C=O) groups is 1. The zero-order valence-corrected chi connectivity index (χ0v) is 6.50. The van der Waals surface area contributed by atoms with Crippen LogP contribution in [0.5, 0.6) is 0 Å². The van der Waals surface area contributed by atoms with Crippen molar-refractivity contribution >= 4 is 11.7 Å². The lowest BCUT2D eigenvalue weighted by Crippen LogP contribution is -2.10. The summed E-state index contributed by atoms with van der Waals surface area (Å²) < 4.78 is 0. The molecule has 0 amide bonds. The minimum Gasteiger partial charge on any atom is -0.478 e. The van der Waals surface area contributed by atoms with Crippen LogP contribution in [-0.4, -0.2) is 23.8 Å². The second-order valence-corrected chi connectivity index (χ2v) is 2.53. The van der Waals surface area contributed by atoms with Crippen molar-refractivity contribution in [3.8, 4) is 0 Å². The SMILES string of the molecule is CN=C1CC=C(C(=O)O)CC1. The van der Waals surface area contributed by atoms with Crippen molar-refractivity contribution in [2.75, 3.05) is 7.05 Å². The first-order valence-corrected chi connectivity index (χ1v) is 3.61. The minimum absolute atomic E-state index is 0.525. The number of nitrogens with zero attached hydrogens (tertiary/aromatic N) is 1. The van der Waals surface area contributed by atoms with Crippen molar-refractivity contribution in [1.82, 2.24) is 0 Å². The van der Waals surface area contributed by atoms with Crippen LogP contribution in [0.25, 0.3) is 0 Å². The second kappa shape index (κ2) is 3.32. The number of carboxylic acids is 1. The lowest BCUT2D eigenvalue weighted by Gasteiger charge is -2.10. The van der Waals surface area contributed by atoms with Gasteiger partial charge < -0.3 is 5.11 Å². The highest BCUT2D eigenvalue weighted by Crippen LogP contribution is 2.15. The Morgan fingerprint density at radius 1 is 1.64 bits per heavy atom. The molecule has 1 rings (SSSR count). The van der Waals surface area contributed by atoms with Crippen LogP contribution in [0, 0.1) is 0 Å². The lowest BCUT2D eigenvalue weighted by molar-refractivity contribution is -0.132. The van der Waals surface area contributed by atoms with E-state index in [0.29, 0.717) is 18.4 Å². The molecule has 60 valence electrons. The fourth-order valence-electron chi connectivity index (χ4n) is 1.12. The third-order valence-corrected chi connectivity index (χ3v) is 1.86. The summed E-state index contributed by atoms with van der Waals surface area (Å²) in [6.45, 7) is 0. The Morgan fingerprint density at radius 3 is 2.73 bits per heavy atom. The van der Waals surface area contributed by atoms with E-state index < -0.39 is 5.97 Å². The summed E-state index contributed by atoms with van der Waals surface area (Å²) in [5.41, 5.74) is 1.62. The van der Waals surface area contributed by atoms with Crippen LogP contribution in [0.4, 0.5) is 0 Å². The van der Waals surface area contributed by atoms with Crippen LogP contribution >= 0.6 is 0 Å². The standard InChI is InChI=1S/C8H11NO2/c1-9-7-4-2-6(3-5-7)8(10)11/h2H,3-5H2,1H3,(H,10,11). The molecule has 0 fully saturated rings. The Labute approximate surface area is 65.4 Å². The summed E-state index contributed by atoms with van der Waals surface area (Å²) in [4.78, 5) is 14.5. The maximum atomic E-state index is 10.4. The number of aliphatic carboxylic acids is 1. The highest BCUT2D eigenvalue weighted by Gasteiger charge is 2.13. The van der Waals surface area contributed by atoms with Crippen molar-refractivity contribution in [1.29, 1.82) is 0 Å². The van der Waals surface area contributed by atoms with Crippen LogP contribution in [0.15, 0.2) is 16.6 Å². The first kappa shape index (κ1) is 7.98. The summed E-state index contributed by atoms with van der Waals surface area (Å²) in [5.74, 6) is -0.792. The Bertz CT molecular complexity index is 228. The number of rotatable bonds is 1. The van der Waals surface area contributed by atoms with Gasteiger partial charge in [-0.2, -0.15) is 0 Å². The fraction of sp³-hybridized carbons (Fsp3) is 0.500. The number of aliphatic imine (C=N–C) groups is 1. The molecule has 0 aromatic heterocycles. The monoisotopic (exact) mass is 153 g/mol. The molecule has 0 aromatic rings. The molecule has 11 heavy (non-hydrogen) atoms. The van der Waals surface area contributed by atoms with E-state index in [1.165, 1.54) is 0 Å². The Hall–Kier alpha value is -1.12. The van der Waals surface area contributed by atoms with Crippen LogP contribution in [0.3, 0.4) is 0 Å². The maximum absolute atomic E-state index is 10.4. The topological polar surface area (TPSA) is 49.7 Å². The highest BCUT2D eigenvalue weighted by molar-refractivity contribution is 5.94. The molecule has 0 spiro atoms. The number of carboxylic acid groups (broad SMARTS) is 1. The second-order valence-electron chi connectivity index (χ2n) is 2.53. The molecular formula is C8H11NO2. The third kappa shape index (κ3) is 1.90. The smallest absolute Gasteiger partial charge is 0.331 e. The average molecular weight is 153 g/mol. The largest absolute Gasteiger partial charge is 0.478 e. The fourth-order valence-corrected chi connectivity index (χ4v) is 1.12. The maximum Gasteiger partial charge on any atom is 0.331 e. The summed E-state index contributed by atoms with van der Waals surface area (Å²) in [6.07, 6.45) is 3.88. The van der Waals surface area contributed by atoms with Crippen molar-refractivity contribution < 1.29 is 9.90 Å². The molecular weight excluding hydrogens is 142 g/mol. The Balaban J connectivity index is 2.64. The van der Waals surface area contributed by atoms with Gasteiger partial charge in [0.2, 0.25) is 0 Å². The van der Waals surface area contributed by atoms with Crippen molar-refractivity contribution in [3.63, 3.8) is 0 Å². The van der Waals surface area contributed by atoms with Gasteiger partial charge in [-0.05, 0) is 12.8 Å². The van der Waals surface area contributed by atoms with Crippen LogP contribution < -0.4 is 0 Å². The van der Waals surface area contributed by atoms with Gasteiger partial charge in [0.05, 0.1) is 0 Å². The van der Waals surface area contributed by atoms with E-state index in [9.17, 15) is 4.79 Å². The molecule has 3 heteroatoms. The van der Waals surface area contributed by atoms with Crippen molar-refractivity contribution in [3.05, 3.63) is 11.6 Å². The van der Waals surface area contributed by atoms with Gasteiger partial charge >= 0.3 is 5.97 Å². The van der Waals surface area contributed by atoms with Gasteiger partial charge in [0, 0.05) is 24.8 Å². The van der Waals surface area contributed by atoms with E-state index in [2.05, 4.69) is 4.99 Å². The Kier molecular flexibility index (Phi) is 2.41. The third-order valence-electron chi connectivity index (χ3n) is 1.86. The molecule has 3 nitrogen and oxygen atoms in total. The summed E-state index contributed by atoms with van der Waals surface area (Å²) in [5, 5.41) is 8.59. The van der Waals surface area contributed by atoms with Crippen LogP contribution in [0.1, 0.15) is 19.3 Å². The average Bonchev–Trinajstić information content (AvgIpc) is 2.05. The molecule has 0 saturated heterocycles. The van der Waals surface area contributed by atoms with Gasteiger partial charge in [0.25, 0.3) is 0 Å². The number of hydrogen-bond donors (Lipinski definition) is 1. The van der Waals surface area contributed by atoms with Crippen molar-refractivity contribution in [2.45, 2.75) is 19.3 Å². The molecule has 0 heterocycles. The van der Waals surface area contributed by atoms with E-state index in [-0.39, 0.29) is 0 Å². The predicted molar refractivity (Wildman–Crippen MR) is 42.9 cm³/mol. The van der Waals surface area contributed by atoms with E-state index >= 15 is 0 Å². The lowest BCUT2D eigenvalue weighted by atomic mass is 9.98. The van der Waals surface area contributed by atoms with Gasteiger partial charge in [0.1, 0.15) is 0 Å². The molecule has 0 bridgehead atoms. The molecule has 0 saturated carbocycles. The first-order chi connectivity index (χ1) is 5.24. The number of hydrogen-bond acceptors (Lipinski definition) is 2. The van der Waals surface area contributed by atoms with E-state index in [0.717, 1.165) is 12.1 Å². The molecule has 0 aliphatic heterocycles. The molecule has 1 N–H and O–H groups in total. The number of allylic oxidation sites excluding steroid dienone is 1. The summed E-state index contributed by atoms with van der Waals surface area (Å²) in [7, 11) is 1.74. The molecule has 0 unspecified atom stereocenters. The van der Waals surface area contributed by atoms with Crippen LogP contribution in [0.2, 0.25) is 0 Å². The highest BCUT2D eigenvalue weighted by atomic mass is 16.4. The molecule has 0 radical (unpaired) electrons. The molecule has 0 atom stereocenters. The normalized spacial score (nSPS) is 21.5. The van der Waals surface area contributed by atoms with Crippen LogP contribution in [-0.2, 0) is 4.79 Å². The minimum atomic E-state index is -0.792. The molecule has 1 aliphatic rings. The van der Waals surface area contributed by atoms with Gasteiger partial charge in [-0.25, -0.2) is 4.79 Å². The van der Waals surface area contributed by atoms with Gasteiger partial charge in [-0.3, -0.25) is 4.99 Å². The Morgan fingerprint density at radius 2 is 2.36 bits per heavy atom. The zero-order valence-electron chi connectivity index (χ0n) is 6.50. The quantitative estimate of drug-likeness (QED) is 0.616. The molecule has 1 aliphatic carbocycles. The van der Waals surface area contributed by atoms with E-state index in [1.54, 1.807) is 13.1 Å². The van der Waals surface area contributed by atoms with Gasteiger partial charge in [0.15, 0.2) is 0 Å². The molecule has 0 aromatic carbocycles. The van der Waals surface area contributed by atoms with E-state index in [1.807, 2.05) is 0 Å². The van der Waals surface area contributed by atoms with Gasteiger partial charge in [-0.1, -0.05) is 6.08 Å².